The summed E-state index contributed by atoms with van der Waals surface area (Å²) in [6.07, 6.45) is 0.597. The van der Waals surface area contributed by atoms with Crippen LogP contribution in [-0.2, 0) is 21.2 Å². The van der Waals surface area contributed by atoms with Crippen molar-refractivity contribution >= 4 is 10.0 Å². The Bertz CT molecular complexity index is 750. The van der Waals surface area contributed by atoms with Gasteiger partial charge in [-0.1, -0.05) is 48.5 Å². The first-order valence-corrected chi connectivity index (χ1v) is 9.51. The molecule has 2 atom stereocenters. The molecule has 24 heavy (non-hydrogen) atoms. The minimum atomic E-state index is -3.63. The number of hydrogen-bond donors (Lipinski definition) is 1. The highest BCUT2D eigenvalue weighted by Gasteiger charge is 2.42. The zero-order chi connectivity index (χ0) is 17.0. The smallest absolute Gasteiger partial charge is 0.245 e. The number of benzene rings is 2. The van der Waals surface area contributed by atoms with Crippen LogP contribution in [0.4, 0.5) is 0 Å². The lowest BCUT2D eigenvalue weighted by atomic mass is 10.1. The molecule has 1 aliphatic heterocycles. The van der Waals surface area contributed by atoms with E-state index in [9.17, 15) is 8.42 Å². The topological polar surface area (TPSA) is 72.6 Å². The summed E-state index contributed by atoms with van der Waals surface area (Å²) in [7, 11) is -3.63. The van der Waals surface area contributed by atoms with Gasteiger partial charge in [0.05, 0.1) is 17.5 Å². The molecule has 0 spiro atoms. The van der Waals surface area contributed by atoms with Crippen molar-refractivity contribution < 1.29 is 13.2 Å². The molecule has 0 bridgehead atoms. The van der Waals surface area contributed by atoms with Gasteiger partial charge >= 0.3 is 0 Å². The maximum Gasteiger partial charge on any atom is 0.245 e. The molecule has 128 valence electrons. The molecule has 1 saturated heterocycles. The van der Waals surface area contributed by atoms with Crippen LogP contribution in [0.3, 0.4) is 0 Å². The molecule has 0 unspecified atom stereocenters. The zero-order valence-electron chi connectivity index (χ0n) is 13.4. The Morgan fingerprint density at radius 3 is 2.29 bits per heavy atom. The van der Waals surface area contributed by atoms with E-state index in [0.717, 1.165) is 5.56 Å². The van der Waals surface area contributed by atoms with Gasteiger partial charge in [0.25, 0.3) is 0 Å². The number of nitrogens with zero attached hydrogens (tertiary/aromatic N) is 1. The highest BCUT2D eigenvalue weighted by Crippen LogP contribution is 2.29. The van der Waals surface area contributed by atoms with Crippen LogP contribution in [0.25, 0.3) is 0 Å². The molecule has 2 N–H and O–H groups in total. The summed E-state index contributed by atoms with van der Waals surface area (Å²) in [6.45, 7) is 0.759. The minimum Gasteiger partial charge on any atom is -0.360 e. The second kappa shape index (κ2) is 7.44. The molecule has 1 aliphatic rings. The molecular weight excluding hydrogens is 324 g/mol. The van der Waals surface area contributed by atoms with E-state index in [1.54, 1.807) is 30.3 Å². The largest absolute Gasteiger partial charge is 0.360 e. The number of hydrogen-bond acceptors (Lipinski definition) is 4. The van der Waals surface area contributed by atoms with E-state index in [-0.39, 0.29) is 10.9 Å². The molecule has 1 heterocycles. The van der Waals surface area contributed by atoms with Crippen LogP contribution in [-0.4, -0.2) is 38.1 Å². The predicted octanol–water partition coefficient (Wildman–Crippen LogP) is 1.99. The van der Waals surface area contributed by atoms with Crippen molar-refractivity contribution in [2.45, 2.75) is 30.0 Å². The van der Waals surface area contributed by atoms with Crippen LogP contribution < -0.4 is 5.73 Å². The van der Waals surface area contributed by atoms with Crippen molar-refractivity contribution in [1.82, 2.24) is 4.31 Å². The fourth-order valence-electron chi connectivity index (χ4n) is 3.06. The Hall–Kier alpha value is -1.73. The van der Waals surface area contributed by atoms with Gasteiger partial charge in [-0.05, 0) is 30.7 Å². The molecule has 0 saturated carbocycles. The van der Waals surface area contributed by atoms with Crippen molar-refractivity contribution in [3.8, 4) is 0 Å². The molecule has 5 nitrogen and oxygen atoms in total. The third-order valence-corrected chi connectivity index (χ3v) is 6.13. The number of sulfonamides is 1. The average Bonchev–Trinajstić information content (AvgIpc) is 3.00. The molecule has 2 aromatic rings. The molecular formula is C18H22N2O3S. The van der Waals surface area contributed by atoms with Gasteiger partial charge in [0, 0.05) is 6.42 Å². The number of rotatable bonds is 6. The lowest BCUT2D eigenvalue weighted by Gasteiger charge is -2.27. The van der Waals surface area contributed by atoms with Gasteiger partial charge in [-0.25, -0.2) is 8.42 Å². The Morgan fingerprint density at radius 1 is 1.04 bits per heavy atom. The summed E-state index contributed by atoms with van der Waals surface area (Å²) in [5, 5.41) is 0. The standard InChI is InChI=1S/C18H22N2O3S/c19-12-11-18-20(24(21,22)17-9-5-2-6-10-17)16(14-23-18)13-15-7-3-1-4-8-15/h1-10,16,18H,11-14,19H2/t16-,18+/m1/s1. The summed E-state index contributed by atoms with van der Waals surface area (Å²) in [5.41, 5.74) is 6.74. The van der Waals surface area contributed by atoms with Crippen LogP contribution in [0.1, 0.15) is 12.0 Å². The first-order valence-electron chi connectivity index (χ1n) is 8.07. The van der Waals surface area contributed by atoms with Crippen molar-refractivity contribution in [2.24, 2.45) is 5.73 Å². The Kier molecular flexibility index (Phi) is 5.30. The third-order valence-electron chi connectivity index (χ3n) is 4.17. The van der Waals surface area contributed by atoms with E-state index in [0.29, 0.717) is 26.0 Å². The summed E-state index contributed by atoms with van der Waals surface area (Å²) in [6, 6.07) is 18.1. The van der Waals surface area contributed by atoms with E-state index in [2.05, 4.69) is 0 Å². The van der Waals surface area contributed by atoms with Gasteiger partial charge in [0.15, 0.2) is 0 Å². The SMILES string of the molecule is NCC[C@@H]1OC[C@@H](Cc2ccccc2)N1S(=O)(=O)c1ccccc1. The van der Waals surface area contributed by atoms with E-state index in [1.165, 1.54) is 4.31 Å². The Balaban J connectivity index is 1.92. The molecule has 3 rings (SSSR count). The summed E-state index contributed by atoms with van der Waals surface area (Å²) < 4.78 is 33.5. The van der Waals surface area contributed by atoms with Crippen LogP contribution in [0, 0.1) is 0 Å². The monoisotopic (exact) mass is 346 g/mol. The first-order chi connectivity index (χ1) is 11.6. The predicted molar refractivity (Wildman–Crippen MR) is 92.8 cm³/mol. The maximum atomic E-state index is 13.1. The third kappa shape index (κ3) is 3.52. The quantitative estimate of drug-likeness (QED) is 0.868. The van der Waals surface area contributed by atoms with Crippen LogP contribution in [0.5, 0.6) is 0 Å². The van der Waals surface area contributed by atoms with E-state index >= 15 is 0 Å². The van der Waals surface area contributed by atoms with Gasteiger partial charge in [0.2, 0.25) is 10.0 Å². The fraction of sp³-hybridized carbons (Fsp3) is 0.333. The van der Waals surface area contributed by atoms with Crippen molar-refractivity contribution in [3.63, 3.8) is 0 Å². The van der Waals surface area contributed by atoms with Gasteiger partial charge in [-0.3, -0.25) is 0 Å². The molecule has 0 aromatic heterocycles. The van der Waals surface area contributed by atoms with Crippen LogP contribution in [0.2, 0.25) is 0 Å². The number of nitrogens with two attached hydrogens (primary N) is 1. The second-order valence-electron chi connectivity index (χ2n) is 5.86. The highest BCUT2D eigenvalue weighted by molar-refractivity contribution is 7.89. The van der Waals surface area contributed by atoms with E-state index in [1.807, 2.05) is 30.3 Å². The van der Waals surface area contributed by atoms with E-state index < -0.39 is 16.3 Å². The average molecular weight is 346 g/mol. The lowest BCUT2D eigenvalue weighted by molar-refractivity contribution is 0.0633. The van der Waals surface area contributed by atoms with Crippen LogP contribution in [0.15, 0.2) is 65.6 Å². The van der Waals surface area contributed by atoms with Crippen molar-refractivity contribution in [3.05, 3.63) is 66.2 Å². The molecule has 6 heteroatoms. The summed E-state index contributed by atoms with van der Waals surface area (Å²) in [5.74, 6) is 0. The molecule has 0 amide bonds. The van der Waals surface area contributed by atoms with Crippen molar-refractivity contribution in [1.29, 1.82) is 0 Å². The van der Waals surface area contributed by atoms with Gasteiger partial charge in [0.1, 0.15) is 6.23 Å². The minimum absolute atomic E-state index is 0.228. The number of ether oxygens (including phenoxy) is 1. The molecule has 2 aromatic carbocycles. The molecule has 1 fully saturated rings. The Labute approximate surface area is 143 Å². The van der Waals surface area contributed by atoms with Gasteiger partial charge < -0.3 is 10.5 Å². The van der Waals surface area contributed by atoms with Gasteiger partial charge in [-0.2, -0.15) is 4.31 Å². The molecule has 0 aliphatic carbocycles. The summed E-state index contributed by atoms with van der Waals surface area (Å²) >= 11 is 0. The zero-order valence-corrected chi connectivity index (χ0v) is 14.2. The van der Waals surface area contributed by atoms with Gasteiger partial charge in [-0.15, -0.1) is 0 Å². The van der Waals surface area contributed by atoms with Crippen LogP contribution >= 0.6 is 0 Å². The highest BCUT2D eigenvalue weighted by atomic mass is 32.2. The first kappa shape index (κ1) is 17.1. The molecule has 0 radical (unpaired) electrons. The Morgan fingerprint density at radius 2 is 1.67 bits per heavy atom. The normalized spacial score (nSPS) is 21.9. The second-order valence-corrected chi connectivity index (χ2v) is 7.70. The summed E-state index contributed by atoms with van der Waals surface area (Å²) in [4.78, 5) is 0.288. The lowest BCUT2D eigenvalue weighted by Crippen LogP contribution is -2.43. The fourth-order valence-corrected chi connectivity index (χ4v) is 4.81. The van der Waals surface area contributed by atoms with Crippen molar-refractivity contribution in [2.75, 3.05) is 13.2 Å². The maximum absolute atomic E-state index is 13.1. The van der Waals surface area contributed by atoms with E-state index in [4.69, 9.17) is 10.5 Å².